The van der Waals surface area contributed by atoms with Crippen molar-refractivity contribution < 1.29 is 23.1 Å². The van der Waals surface area contributed by atoms with Crippen LogP contribution in [0.1, 0.15) is 74.1 Å². The molecule has 5 nitrogen and oxygen atoms in total. The molecule has 170 valence electrons. The highest BCUT2D eigenvalue weighted by Gasteiger charge is 2.61. The molecule has 1 saturated heterocycles. The lowest BCUT2D eigenvalue weighted by Gasteiger charge is -2.46. The van der Waals surface area contributed by atoms with Crippen LogP contribution in [0, 0.1) is 0 Å². The maximum atomic E-state index is 11.6. The minimum atomic E-state index is -2.02. The number of carbonyl (C=O) groups excluding carboxylic acids is 1. The van der Waals surface area contributed by atoms with E-state index in [1.165, 1.54) is 6.92 Å². The van der Waals surface area contributed by atoms with E-state index < -0.39 is 28.5 Å². The fraction of sp³-hybridized carbons (Fsp3) is 0.955. The monoisotopic (exact) mass is 444 g/mol. The first-order chi connectivity index (χ1) is 12.9. The molecule has 0 amide bonds. The van der Waals surface area contributed by atoms with E-state index in [-0.39, 0.29) is 28.3 Å². The highest BCUT2D eigenvalue weighted by atomic mass is 28.4. The normalized spacial score (nSPS) is 31.5. The van der Waals surface area contributed by atoms with E-state index in [9.17, 15) is 4.79 Å². The smallest absolute Gasteiger partial charge is 0.304 e. The summed E-state index contributed by atoms with van der Waals surface area (Å²) in [4.78, 5) is 11.6. The van der Waals surface area contributed by atoms with E-state index >= 15 is 0 Å². The van der Waals surface area contributed by atoms with Crippen LogP contribution >= 0.6 is 0 Å². The maximum Gasteiger partial charge on any atom is 0.304 e. The summed E-state index contributed by atoms with van der Waals surface area (Å²) in [6, 6.07) is 0. The molecule has 0 N–H and O–H groups in total. The summed E-state index contributed by atoms with van der Waals surface area (Å²) in [5, 5.41) is 0.225. The van der Waals surface area contributed by atoms with E-state index in [0.717, 1.165) is 19.3 Å². The second-order valence-corrected chi connectivity index (χ2v) is 21.5. The lowest BCUT2D eigenvalue weighted by Crippen LogP contribution is -2.57. The van der Waals surface area contributed by atoms with Gasteiger partial charge in [-0.05, 0) is 55.5 Å². The Hall–Kier alpha value is -0.216. The Morgan fingerprint density at radius 3 is 1.86 bits per heavy atom. The van der Waals surface area contributed by atoms with Crippen LogP contribution in [0.25, 0.3) is 0 Å². The van der Waals surface area contributed by atoms with Crippen molar-refractivity contribution in [2.24, 2.45) is 0 Å². The zero-order chi connectivity index (χ0) is 22.5. The molecule has 7 heteroatoms. The zero-order valence-corrected chi connectivity index (χ0v) is 22.6. The predicted molar refractivity (Wildman–Crippen MR) is 122 cm³/mol. The third-order valence-corrected chi connectivity index (χ3v) is 16.6. The summed E-state index contributed by atoms with van der Waals surface area (Å²) in [5.41, 5.74) is -0.523. The first-order valence-corrected chi connectivity index (χ1v) is 16.9. The van der Waals surface area contributed by atoms with E-state index in [2.05, 4.69) is 67.7 Å². The average molecular weight is 445 g/mol. The number of esters is 1. The number of hydrogen-bond donors (Lipinski definition) is 0. The molecule has 0 aromatic rings. The highest BCUT2D eigenvalue weighted by Crippen LogP contribution is 2.51. The van der Waals surface area contributed by atoms with Crippen molar-refractivity contribution in [3.05, 3.63) is 0 Å². The van der Waals surface area contributed by atoms with Crippen LogP contribution in [0.2, 0.25) is 36.3 Å². The third-order valence-electron chi connectivity index (χ3n) is 7.66. The van der Waals surface area contributed by atoms with Crippen molar-refractivity contribution in [3.8, 4) is 0 Å². The van der Waals surface area contributed by atoms with Gasteiger partial charge in [-0.25, -0.2) is 0 Å². The Balaban J connectivity index is 2.36. The van der Waals surface area contributed by atoms with Crippen molar-refractivity contribution in [2.75, 3.05) is 0 Å². The lowest BCUT2D eigenvalue weighted by atomic mass is 9.93. The number of ether oxygens (including phenoxy) is 2. The molecule has 0 aromatic carbocycles. The molecule has 1 aliphatic heterocycles. The van der Waals surface area contributed by atoms with Crippen molar-refractivity contribution in [1.82, 2.24) is 0 Å². The summed E-state index contributed by atoms with van der Waals surface area (Å²) >= 11 is 0. The van der Waals surface area contributed by atoms with Gasteiger partial charge in [0.1, 0.15) is 5.60 Å². The molecule has 4 atom stereocenters. The standard InChI is InChI=1S/C22H44O5Si2/c1-16(23)24-19-15-18(27-29(10,11)21(5,6)7)22(25-19)14-12-13-17(22)26-28(8,9)20(2,3)4/h17-19H,12-15H2,1-11H3/t17-,18+,19?,22-/m1/s1. The van der Waals surface area contributed by atoms with Crippen molar-refractivity contribution in [2.45, 2.75) is 135 Å². The molecule has 1 unspecified atom stereocenters. The van der Waals surface area contributed by atoms with Crippen LogP contribution in [0.3, 0.4) is 0 Å². The Bertz CT molecular complexity index is 605. The quantitative estimate of drug-likeness (QED) is 0.384. The zero-order valence-electron chi connectivity index (χ0n) is 20.6. The van der Waals surface area contributed by atoms with E-state index in [1.54, 1.807) is 0 Å². The summed E-state index contributed by atoms with van der Waals surface area (Å²) in [6.45, 7) is 24.1. The Kier molecular flexibility index (Phi) is 6.95. The molecular weight excluding hydrogens is 400 g/mol. The van der Waals surface area contributed by atoms with Gasteiger partial charge in [-0.2, -0.15) is 0 Å². The SMILES string of the molecule is CC(=O)OC1C[C@H](O[Si](C)(C)C(C)(C)C)[C@]2(CCC[C@H]2O[Si](C)(C)C(C)(C)C)O1. The minimum absolute atomic E-state index is 0.0151. The van der Waals surface area contributed by atoms with Crippen LogP contribution in [-0.2, 0) is 23.1 Å². The molecule has 29 heavy (non-hydrogen) atoms. The fourth-order valence-corrected chi connectivity index (χ4v) is 6.59. The topological polar surface area (TPSA) is 54.0 Å². The molecule has 1 saturated carbocycles. The lowest BCUT2D eigenvalue weighted by molar-refractivity contribution is -0.201. The molecular formula is C22H44O5Si2. The molecule has 0 bridgehead atoms. The first kappa shape index (κ1) is 25.0. The maximum absolute atomic E-state index is 11.6. The second kappa shape index (κ2) is 8.04. The van der Waals surface area contributed by atoms with Crippen molar-refractivity contribution >= 4 is 22.6 Å². The number of rotatable bonds is 5. The largest absolute Gasteiger partial charge is 0.436 e. The van der Waals surface area contributed by atoms with Gasteiger partial charge >= 0.3 is 5.97 Å². The Morgan fingerprint density at radius 1 is 0.931 bits per heavy atom. The van der Waals surface area contributed by atoms with Crippen LogP contribution in [0.15, 0.2) is 0 Å². The minimum Gasteiger partial charge on any atom is -0.436 e. The molecule has 0 aromatic heterocycles. The van der Waals surface area contributed by atoms with Gasteiger partial charge in [-0.1, -0.05) is 41.5 Å². The number of hydrogen-bond acceptors (Lipinski definition) is 5. The molecule has 0 radical (unpaired) electrons. The fourth-order valence-electron chi connectivity index (χ4n) is 3.84. The van der Waals surface area contributed by atoms with Gasteiger partial charge < -0.3 is 18.3 Å². The summed E-state index contributed by atoms with van der Waals surface area (Å²) in [7, 11) is -4.00. The molecule has 1 spiro atoms. The van der Waals surface area contributed by atoms with Gasteiger partial charge in [0.25, 0.3) is 0 Å². The van der Waals surface area contributed by atoms with Gasteiger partial charge in [-0.3, -0.25) is 4.79 Å². The third kappa shape index (κ3) is 5.17. The van der Waals surface area contributed by atoms with E-state index in [0.29, 0.717) is 6.42 Å². The van der Waals surface area contributed by atoms with Crippen molar-refractivity contribution in [1.29, 1.82) is 0 Å². The van der Waals surface area contributed by atoms with Gasteiger partial charge in [0, 0.05) is 13.3 Å². The highest BCUT2D eigenvalue weighted by molar-refractivity contribution is 6.74. The predicted octanol–water partition coefficient (Wildman–Crippen LogP) is 6.00. The van der Waals surface area contributed by atoms with Crippen LogP contribution in [-0.4, -0.2) is 46.7 Å². The first-order valence-electron chi connectivity index (χ1n) is 11.1. The van der Waals surface area contributed by atoms with Crippen LogP contribution in [0.5, 0.6) is 0 Å². The molecule has 2 rings (SSSR count). The number of carbonyl (C=O) groups is 1. The average Bonchev–Trinajstić information content (AvgIpc) is 3.00. The molecule has 1 heterocycles. The molecule has 2 aliphatic rings. The van der Waals surface area contributed by atoms with Gasteiger partial charge in [0.2, 0.25) is 6.29 Å². The summed E-state index contributed by atoms with van der Waals surface area (Å²) in [5.74, 6) is -0.307. The molecule has 2 fully saturated rings. The van der Waals surface area contributed by atoms with Crippen molar-refractivity contribution in [3.63, 3.8) is 0 Å². The van der Waals surface area contributed by atoms with Crippen LogP contribution < -0.4 is 0 Å². The van der Waals surface area contributed by atoms with Gasteiger partial charge in [-0.15, -0.1) is 0 Å². The van der Waals surface area contributed by atoms with Gasteiger partial charge in [0.15, 0.2) is 16.6 Å². The summed E-state index contributed by atoms with van der Waals surface area (Å²) in [6.07, 6.45) is 2.82. The van der Waals surface area contributed by atoms with Gasteiger partial charge in [0.05, 0.1) is 12.2 Å². The summed E-state index contributed by atoms with van der Waals surface area (Å²) < 4.78 is 25.8. The van der Waals surface area contributed by atoms with E-state index in [1.807, 2.05) is 0 Å². The van der Waals surface area contributed by atoms with Crippen LogP contribution in [0.4, 0.5) is 0 Å². The molecule has 1 aliphatic carbocycles. The van der Waals surface area contributed by atoms with E-state index in [4.69, 9.17) is 18.3 Å². The second-order valence-electron chi connectivity index (χ2n) is 12.0. The Labute approximate surface area is 180 Å². The Morgan fingerprint density at radius 2 is 1.41 bits per heavy atom.